The minimum Gasteiger partial charge on any atom is -0.484 e. The fourth-order valence-electron chi connectivity index (χ4n) is 1.81. The number of Topliss-reactive ketones (excluding diaryl/α,β-unsaturated/α-hetero) is 1. The third-order valence-corrected chi connectivity index (χ3v) is 3.08. The Balaban J connectivity index is 1.74. The van der Waals surface area contributed by atoms with E-state index in [1.807, 2.05) is 0 Å². The highest BCUT2D eigenvalue weighted by molar-refractivity contribution is 5.94. The summed E-state index contributed by atoms with van der Waals surface area (Å²) >= 11 is 0. The van der Waals surface area contributed by atoms with Crippen molar-refractivity contribution < 1.29 is 18.7 Å². The van der Waals surface area contributed by atoms with E-state index < -0.39 is 0 Å². The van der Waals surface area contributed by atoms with E-state index in [4.69, 9.17) is 4.74 Å². The van der Waals surface area contributed by atoms with Crippen molar-refractivity contribution in [1.82, 2.24) is 5.32 Å². The summed E-state index contributed by atoms with van der Waals surface area (Å²) < 4.78 is 17.9. The summed E-state index contributed by atoms with van der Waals surface area (Å²) in [7, 11) is 0. The molecule has 2 aromatic rings. The van der Waals surface area contributed by atoms with Crippen LogP contribution in [0, 0.1) is 17.7 Å². The molecule has 0 saturated carbocycles. The van der Waals surface area contributed by atoms with Gasteiger partial charge < -0.3 is 10.1 Å². The summed E-state index contributed by atoms with van der Waals surface area (Å²) in [5.74, 6) is 5.44. The van der Waals surface area contributed by atoms with Crippen molar-refractivity contribution in [3.05, 3.63) is 65.5 Å². The molecule has 0 aliphatic heterocycles. The Labute approximate surface area is 139 Å². The first-order valence-electron chi connectivity index (χ1n) is 7.29. The van der Waals surface area contributed by atoms with Gasteiger partial charge in [-0.2, -0.15) is 0 Å². The Morgan fingerprint density at radius 1 is 1.08 bits per heavy atom. The van der Waals surface area contributed by atoms with Gasteiger partial charge in [0.2, 0.25) is 0 Å². The van der Waals surface area contributed by atoms with Crippen LogP contribution in [0.4, 0.5) is 4.39 Å². The standard InChI is InChI=1S/C19H16FNO3/c1-14(22)16-6-4-15(5-7-16)3-2-12-21-19(23)13-24-18-10-8-17(20)9-11-18/h4-11H,12-13H2,1H3,(H,21,23). The van der Waals surface area contributed by atoms with E-state index in [0.29, 0.717) is 11.3 Å². The number of rotatable bonds is 5. The van der Waals surface area contributed by atoms with Crippen LogP contribution >= 0.6 is 0 Å². The van der Waals surface area contributed by atoms with Gasteiger partial charge in [0.1, 0.15) is 11.6 Å². The number of ketones is 1. The van der Waals surface area contributed by atoms with Gasteiger partial charge in [-0.1, -0.05) is 24.0 Å². The zero-order chi connectivity index (χ0) is 17.4. The maximum atomic E-state index is 12.7. The van der Waals surface area contributed by atoms with Gasteiger partial charge in [0.15, 0.2) is 12.4 Å². The lowest BCUT2D eigenvalue weighted by molar-refractivity contribution is -0.122. The smallest absolute Gasteiger partial charge is 0.258 e. The van der Waals surface area contributed by atoms with Crippen molar-refractivity contribution in [2.75, 3.05) is 13.2 Å². The average molecular weight is 325 g/mol. The van der Waals surface area contributed by atoms with Gasteiger partial charge in [0.25, 0.3) is 5.91 Å². The monoisotopic (exact) mass is 325 g/mol. The summed E-state index contributed by atoms with van der Waals surface area (Å²) in [4.78, 5) is 22.8. The fourth-order valence-corrected chi connectivity index (χ4v) is 1.81. The van der Waals surface area contributed by atoms with Crippen LogP contribution in [0.3, 0.4) is 0 Å². The first-order valence-corrected chi connectivity index (χ1v) is 7.29. The molecule has 0 saturated heterocycles. The normalized spacial score (nSPS) is 9.58. The van der Waals surface area contributed by atoms with Crippen LogP contribution in [0.1, 0.15) is 22.8 Å². The molecule has 1 N–H and O–H groups in total. The van der Waals surface area contributed by atoms with Crippen LogP contribution in [-0.2, 0) is 4.79 Å². The second-order valence-corrected chi connectivity index (χ2v) is 4.95. The number of carbonyl (C=O) groups excluding carboxylic acids is 2. The Bertz CT molecular complexity index is 771. The molecule has 0 unspecified atom stereocenters. The highest BCUT2D eigenvalue weighted by Gasteiger charge is 2.01. The number of nitrogens with one attached hydrogen (secondary N) is 1. The molecule has 5 heteroatoms. The number of carbonyl (C=O) groups is 2. The fraction of sp³-hybridized carbons (Fsp3) is 0.158. The number of benzene rings is 2. The lowest BCUT2D eigenvalue weighted by atomic mass is 10.1. The molecular weight excluding hydrogens is 309 g/mol. The molecule has 0 aromatic heterocycles. The molecule has 4 nitrogen and oxygen atoms in total. The maximum Gasteiger partial charge on any atom is 0.258 e. The molecule has 0 bridgehead atoms. The summed E-state index contributed by atoms with van der Waals surface area (Å²) in [5, 5.41) is 2.60. The number of hydrogen-bond donors (Lipinski definition) is 1. The Hall–Kier alpha value is -3.13. The second-order valence-electron chi connectivity index (χ2n) is 4.95. The minimum atomic E-state index is -0.363. The lowest BCUT2D eigenvalue weighted by Gasteiger charge is -2.05. The van der Waals surface area contributed by atoms with Crippen molar-refractivity contribution in [2.45, 2.75) is 6.92 Å². The van der Waals surface area contributed by atoms with Crippen LogP contribution in [0.15, 0.2) is 48.5 Å². The molecule has 2 aromatic carbocycles. The van der Waals surface area contributed by atoms with Crippen LogP contribution in [0.2, 0.25) is 0 Å². The molecule has 0 aliphatic carbocycles. The number of amides is 1. The molecule has 0 atom stereocenters. The largest absolute Gasteiger partial charge is 0.484 e. The Morgan fingerprint density at radius 2 is 1.75 bits per heavy atom. The van der Waals surface area contributed by atoms with Gasteiger partial charge in [0, 0.05) is 11.1 Å². The van der Waals surface area contributed by atoms with E-state index in [1.165, 1.54) is 31.2 Å². The lowest BCUT2D eigenvalue weighted by Crippen LogP contribution is -2.29. The number of ether oxygens (including phenoxy) is 1. The molecule has 0 fully saturated rings. The van der Waals surface area contributed by atoms with Crippen LogP contribution in [0.25, 0.3) is 0 Å². The second kappa shape index (κ2) is 8.49. The molecule has 24 heavy (non-hydrogen) atoms. The highest BCUT2D eigenvalue weighted by atomic mass is 19.1. The van der Waals surface area contributed by atoms with Gasteiger partial charge in [-0.05, 0) is 43.3 Å². The predicted molar refractivity (Wildman–Crippen MR) is 88.2 cm³/mol. The topological polar surface area (TPSA) is 55.4 Å². The summed E-state index contributed by atoms with van der Waals surface area (Å²) in [6.45, 7) is 1.52. The third kappa shape index (κ3) is 5.58. The van der Waals surface area contributed by atoms with Crippen molar-refractivity contribution in [3.63, 3.8) is 0 Å². The van der Waals surface area contributed by atoms with Crippen LogP contribution in [0.5, 0.6) is 5.75 Å². The van der Waals surface area contributed by atoms with Crippen molar-refractivity contribution in [2.24, 2.45) is 0 Å². The molecule has 2 rings (SSSR count). The quantitative estimate of drug-likeness (QED) is 0.679. The van der Waals surface area contributed by atoms with Gasteiger partial charge in [0.05, 0.1) is 6.54 Å². The maximum absolute atomic E-state index is 12.7. The van der Waals surface area contributed by atoms with E-state index in [-0.39, 0.29) is 30.7 Å². The van der Waals surface area contributed by atoms with Crippen LogP contribution < -0.4 is 10.1 Å². The zero-order valence-electron chi connectivity index (χ0n) is 13.1. The van der Waals surface area contributed by atoms with Crippen molar-refractivity contribution >= 4 is 11.7 Å². The van der Waals surface area contributed by atoms with Crippen molar-refractivity contribution in [1.29, 1.82) is 0 Å². The first-order chi connectivity index (χ1) is 11.5. The molecule has 0 spiro atoms. The number of halogens is 1. The van der Waals surface area contributed by atoms with Gasteiger partial charge in [-0.3, -0.25) is 9.59 Å². The molecule has 0 heterocycles. The van der Waals surface area contributed by atoms with E-state index in [2.05, 4.69) is 17.2 Å². The minimum absolute atomic E-state index is 0.00271. The zero-order valence-corrected chi connectivity index (χ0v) is 13.1. The summed E-state index contributed by atoms with van der Waals surface area (Å²) in [6, 6.07) is 12.3. The summed E-state index contributed by atoms with van der Waals surface area (Å²) in [5.41, 5.74) is 1.39. The molecule has 0 aliphatic rings. The molecule has 1 amide bonds. The van der Waals surface area contributed by atoms with Gasteiger partial charge in [-0.15, -0.1) is 0 Å². The average Bonchev–Trinajstić information content (AvgIpc) is 2.58. The molecule has 122 valence electrons. The molecular formula is C19H16FNO3. The predicted octanol–water partition coefficient (Wildman–Crippen LogP) is 2.58. The number of hydrogen-bond acceptors (Lipinski definition) is 3. The molecule has 0 radical (unpaired) electrons. The highest BCUT2D eigenvalue weighted by Crippen LogP contribution is 2.10. The summed E-state index contributed by atoms with van der Waals surface area (Å²) in [6.07, 6.45) is 0. The van der Waals surface area contributed by atoms with E-state index >= 15 is 0 Å². The van der Waals surface area contributed by atoms with Crippen molar-refractivity contribution in [3.8, 4) is 17.6 Å². The SMILES string of the molecule is CC(=O)c1ccc(C#CCNC(=O)COc2ccc(F)cc2)cc1. The first kappa shape index (κ1) is 17.2. The Kier molecular flexibility index (Phi) is 6.09. The van der Waals surface area contributed by atoms with Gasteiger partial charge in [-0.25, -0.2) is 4.39 Å². The Morgan fingerprint density at radius 3 is 2.38 bits per heavy atom. The van der Waals surface area contributed by atoms with E-state index in [9.17, 15) is 14.0 Å². The van der Waals surface area contributed by atoms with E-state index in [1.54, 1.807) is 24.3 Å². The third-order valence-electron chi connectivity index (χ3n) is 3.08. The van der Waals surface area contributed by atoms with E-state index in [0.717, 1.165) is 5.56 Å². The van der Waals surface area contributed by atoms with Crippen LogP contribution in [-0.4, -0.2) is 24.8 Å². The van der Waals surface area contributed by atoms with Gasteiger partial charge >= 0.3 is 0 Å².